The van der Waals surface area contributed by atoms with Gasteiger partial charge in [-0.25, -0.2) is 8.51 Å². The molecule has 2 unspecified atom stereocenters. The van der Waals surface area contributed by atoms with E-state index in [-0.39, 0.29) is 29.0 Å². The highest BCUT2D eigenvalue weighted by Crippen LogP contribution is 2.31. The monoisotopic (exact) mass is 434 g/mol. The quantitative estimate of drug-likeness (QED) is 0.612. The summed E-state index contributed by atoms with van der Waals surface area (Å²) in [6, 6.07) is 4.20. The largest absolute Gasteiger partial charge is 0.465 e. The summed E-state index contributed by atoms with van der Waals surface area (Å²) in [5.74, 6) is -0.265. The van der Waals surface area contributed by atoms with E-state index < -0.39 is 22.7 Å². The van der Waals surface area contributed by atoms with E-state index in [1.165, 1.54) is 12.1 Å². The van der Waals surface area contributed by atoms with Crippen LogP contribution < -0.4 is 0 Å². The van der Waals surface area contributed by atoms with Gasteiger partial charge >= 0.3 is 12.1 Å². The highest BCUT2D eigenvalue weighted by molar-refractivity contribution is 7.82. The maximum atomic E-state index is 13.2. The van der Waals surface area contributed by atoms with Crippen LogP contribution in [0, 0.1) is 0 Å². The maximum Gasteiger partial charge on any atom is 0.416 e. The van der Waals surface area contributed by atoms with Crippen LogP contribution in [0.3, 0.4) is 0 Å². The van der Waals surface area contributed by atoms with Crippen molar-refractivity contribution in [2.24, 2.45) is 0 Å². The third kappa shape index (κ3) is 6.02. The van der Waals surface area contributed by atoms with Crippen molar-refractivity contribution >= 4 is 17.0 Å². The van der Waals surface area contributed by atoms with Crippen LogP contribution in [0.1, 0.15) is 46.1 Å². The number of ether oxygens (including phenoxy) is 1. The Labute approximate surface area is 172 Å². The number of benzene rings is 1. The first-order chi connectivity index (χ1) is 13.6. The van der Waals surface area contributed by atoms with E-state index >= 15 is 0 Å². The molecular weight excluding hydrogens is 405 g/mol. The van der Waals surface area contributed by atoms with Crippen molar-refractivity contribution < 1.29 is 26.9 Å². The molecule has 5 nitrogen and oxygen atoms in total. The highest BCUT2D eigenvalue weighted by Gasteiger charge is 2.35. The minimum Gasteiger partial charge on any atom is -0.465 e. The maximum absolute atomic E-state index is 13.2. The molecule has 1 fully saturated rings. The summed E-state index contributed by atoms with van der Waals surface area (Å²) in [7, 11) is -1.70. The number of nitrogens with zero attached hydrogens (tertiary/aromatic N) is 2. The molecule has 164 valence electrons. The number of piperidine rings is 1. The second kappa shape index (κ2) is 10.0. The number of carbonyl (C=O) groups is 1. The molecule has 1 heterocycles. The van der Waals surface area contributed by atoms with Crippen LogP contribution in [0.25, 0.3) is 0 Å². The standard InChI is InChI=1S/C20H29F3N2O3S/c1-5-28-19(26)15(4)24-11-9-17(10-12-24)25(14(2)3)29(27)18-8-6-7-16(13-18)20(21,22)23/h6-8,13-15,17H,5,9-12H2,1-4H3. The Balaban J connectivity index is 2.11. The molecule has 1 saturated heterocycles. The summed E-state index contributed by atoms with van der Waals surface area (Å²) in [6.07, 6.45) is -3.13. The zero-order chi connectivity index (χ0) is 21.8. The SMILES string of the molecule is CCOC(=O)C(C)N1CCC(N(C(C)C)S(=O)c2cccc(C(F)(F)F)c2)CC1. The van der Waals surface area contributed by atoms with Gasteiger partial charge in [0.25, 0.3) is 0 Å². The molecule has 1 aliphatic heterocycles. The average Bonchev–Trinajstić information content (AvgIpc) is 2.67. The summed E-state index contributed by atoms with van der Waals surface area (Å²) >= 11 is 0. The number of esters is 1. The summed E-state index contributed by atoms with van der Waals surface area (Å²) < 4.78 is 59.1. The minimum absolute atomic E-state index is 0.0454. The molecule has 1 aliphatic rings. The fraction of sp³-hybridized carbons (Fsp3) is 0.650. The first-order valence-corrected chi connectivity index (χ1v) is 10.9. The van der Waals surface area contributed by atoms with Gasteiger partial charge in [-0.05, 0) is 58.7 Å². The molecule has 0 bridgehead atoms. The summed E-state index contributed by atoms with van der Waals surface area (Å²) in [6.45, 7) is 8.94. The first kappa shape index (κ1) is 23.8. The summed E-state index contributed by atoms with van der Waals surface area (Å²) in [5, 5.41) is 0. The molecule has 0 aromatic heterocycles. The average molecular weight is 435 g/mol. The van der Waals surface area contributed by atoms with E-state index in [1.807, 2.05) is 18.7 Å². The van der Waals surface area contributed by atoms with E-state index in [9.17, 15) is 22.2 Å². The highest BCUT2D eigenvalue weighted by atomic mass is 32.2. The van der Waals surface area contributed by atoms with Gasteiger partial charge in [-0.3, -0.25) is 9.69 Å². The molecule has 0 saturated carbocycles. The van der Waals surface area contributed by atoms with Crippen molar-refractivity contribution in [1.82, 2.24) is 9.21 Å². The lowest BCUT2D eigenvalue weighted by atomic mass is 10.0. The molecule has 0 spiro atoms. The minimum atomic E-state index is -4.47. The smallest absolute Gasteiger partial charge is 0.416 e. The van der Waals surface area contributed by atoms with Crippen LogP contribution in [0.15, 0.2) is 29.2 Å². The Hall–Kier alpha value is -1.45. The van der Waals surface area contributed by atoms with Gasteiger partial charge in [0.1, 0.15) is 17.0 Å². The van der Waals surface area contributed by atoms with Crippen molar-refractivity contribution in [3.05, 3.63) is 29.8 Å². The number of rotatable bonds is 7. The molecule has 0 N–H and O–H groups in total. The van der Waals surface area contributed by atoms with Gasteiger partial charge in [-0.2, -0.15) is 13.2 Å². The summed E-state index contributed by atoms with van der Waals surface area (Å²) in [5.41, 5.74) is -0.801. The van der Waals surface area contributed by atoms with Crippen molar-refractivity contribution in [2.45, 2.75) is 69.7 Å². The van der Waals surface area contributed by atoms with E-state index in [0.717, 1.165) is 12.1 Å². The molecule has 1 aromatic rings. The second-order valence-electron chi connectivity index (χ2n) is 7.42. The normalized spacial score (nSPS) is 18.8. The van der Waals surface area contributed by atoms with E-state index in [0.29, 0.717) is 32.5 Å². The van der Waals surface area contributed by atoms with Crippen LogP contribution in [0.5, 0.6) is 0 Å². The van der Waals surface area contributed by atoms with Crippen LogP contribution in [0.4, 0.5) is 13.2 Å². The van der Waals surface area contributed by atoms with Crippen LogP contribution in [-0.4, -0.2) is 57.2 Å². The van der Waals surface area contributed by atoms with Gasteiger partial charge in [0.2, 0.25) is 0 Å². The Kier molecular flexibility index (Phi) is 8.25. The molecule has 2 rings (SSSR count). The number of carbonyl (C=O) groups excluding carboxylic acids is 1. The molecule has 29 heavy (non-hydrogen) atoms. The van der Waals surface area contributed by atoms with Crippen LogP contribution in [-0.2, 0) is 26.7 Å². The van der Waals surface area contributed by atoms with Gasteiger partial charge in [-0.1, -0.05) is 6.07 Å². The first-order valence-electron chi connectivity index (χ1n) is 9.84. The lowest BCUT2D eigenvalue weighted by Crippen LogP contribution is -2.51. The molecular formula is C20H29F3N2O3S. The Bertz CT molecular complexity index is 719. The zero-order valence-electron chi connectivity index (χ0n) is 17.2. The Morgan fingerprint density at radius 2 is 1.90 bits per heavy atom. The fourth-order valence-corrected chi connectivity index (χ4v) is 5.12. The second-order valence-corrected chi connectivity index (χ2v) is 8.81. The van der Waals surface area contributed by atoms with Gasteiger partial charge in [0.05, 0.1) is 17.1 Å². The molecule has 0 amide bonds. The van der Waals surface area contributed by atoms with Gasteiger partial charge < -0.3 is 4.74 Å². The van der Waals surface area contributed by atoms with Gasteiger partial charge in [0, 0.05) is 25.2 Å². The van der Waals surface area contributed by atoms with Crippen molar-refractivity contribution in [2.75, 3.05) is 19.7 Å². The summed E-state index contributed by atoms with van der Waals surface area (Å²) in [4.78, 5) is 14.1. The lowest BCUT2D eigenvalue weighted by Gasteiger charge is -2.40. The van der Waals surface area contributed by atoms with Crippen molar-refractivity contribution in [3.8, 4) is 0 Å². The van der Waals surface area contributed by atoms with Gasteiger partial charge in [0.15, 0.2) is 0 Å². The number of hydrogen-bond donors (Lipinski definition) is 0. The predicted octanol–water partition coefficient (Wildman–Crippen LogP) is 3.85. The van der Waals surface area contributed by atoms with E-state index in [4.69, 9.17) is 4.74 Å². The van der Waals surface area contributed by atoms with Crippen molar-refractivity contribution in [1.29, 1.82) is 0 Å². The molecule has 9 heteroatoms. The predicted molar refractivity (Wildman–Crippen MR) is 106 cm³/mol. The third-order valence-electron chi connectivity index (χ3n) is 5.10. The van der Waals surface area contributed by atoms with E-state index in [2.05, 4.69) is 0 Å². The lowest BCUT2D eigenvalue weighted by molar-refractivity contribution is -0.149. The van der Waals surface area contributed by atoms with Crippen LogP contribution >= 0.6 is 0 Å². The number of alkyl halides is 3. The Morgan fingerprint density at radius 1 is 1.28 bits per heavy atom. The fourth-order valence-electron chi connectivity index (χ4n) is 3.59. The Morgan fingerprint density at radius 3 is 2.41 bits per heavy atom. The molecule has 1 aromatic carbocycles. The molecule has 0 aliphatic carbocycles. The third-order valence-corrected chi connectivity index (χ3v) is 6.86. The molecule has 2 atom stereocenters. The van der Waals surface area contributed by atoms with Gasteiger partial charge in [-0.15, -0.1) is 0 Å². The van der Waals surface area contributed by atoms with Crippen molar-refractivity contribution in [3.63, 3.8) is 0 Å². The number of likely N-dealkylation sites (tertiary alicyclic amines) is 1. The number of hydrogen-bond acceptors (Lipinski definition) is 4. The molecule has 0 radical (unpaired) electrons. The van der Waals surface area contributed by atoms with E-state index in [1.54, 1.807) is 18.2 Å². The number of halogens is 3. The van der Waals surface area contributed by atoms with Crippen LogP contribution in [0.2, 0.25) is 0 Å². The zero-order valence-corrected chi connectivity index (χ0v) is 18.1. The topological polar surface area (TPSA) is 49.9 Å².